The first-order chi connectivity index (χ1) is 12.2. The van der Waals surface area contributed by atoms with Gasteiger partial charge in [0.2, 0.25) is 0 Å². The maximum atomic E-state index is 4.37. The van der Waals surface area contributed by atoms with E-state index >= 15 is 0 Å². The molecule has 0 bridgehead atoms. The topological polar surface area (TPSA) is 31.4 Å². The van der Waals surface area contributed by atoms with E-state index in [1.54, 1.807) is 11.3 Å². The molecule has 0 aliphatic carbocycles. The van der Waals surface area contributed by atoms with E-state index < -0.39 is 0 Å². The van der Waals surface area contributed by atoms with Crippen LogP contribution in [0.4, 0.5) is 5.69 Å². The Bertz CT molecular complexity index is 726. The molecule has 1 N–H and O–H groups in total. The van der Waals surface area contributed by atoms with Crippen LogP contribution in [0.1, 0.15) is 28.1 Å². The zero-order chi connectivity index (χ0) is 17.2. The molecule has 0 amide bonds. The molecule has 1 fully saturated rings. The van der Waals surface area contributed by atoms with Crippen molar-refractivity contribution in [2.75, 3.05) is 38.5 Å². The lowest BCUT2D eigenvalue weighted by Crippen LogP contribution is -2.28. The van der Waals surface area contributed by atoms with Gasteiger partial charge in [0.05, 0.1) is 11.2 Å². The molecular weight excluding hydrogens is 328 g/mol. The van der Waals surface area contributed by atoms with Gasteiger partial charge >= 0.3 is 0 Å². The number of thiazole rings is 1. The molecule has 1 unspecified atom stereocenters. The predicted molar refractivity (Wildman–Crippen MR) is 105 cm³/mol. The molecule has 2 aliphatic heterocycles. The van der Waals surface area contributed by atoms with E-state index in [0.717, 1.165) is 25.6 Å². The molecule has 2 aliphatic rings. The van der Waals surface area contributed by atoms with Gasteiger partial charge in [-0.3, -0.25) is 4.90 Å². The van der Waals surface area contributed by atoms with E-state index in [1.807, 2.05) is 5.51 Å². The van der Waals surface area contributed by atoms with E-state index in [0.29, 0.717) is 0 Å². The Morgan fingerprint density at radius 3 is 3.16 bits per heavy atom. The van der Waals surface area contributed by atoms with Gasteiger partial charge in [0.15, 0.2) is 0 Å². The smallest absolute Gasteiger partial charge is 0.0798 e. The summed E-state index contributed by atoms with van der Waals surface area (Å²) in [4.78, 5) is 10.9. The molecule has 1 aromatic carbocycles. The van der Waals surface area contributed by atoms with Gasteiger partial charge in [-0.05, 0) is 50.4 Å². The zero-order valence-electron chi connectivity index (χ0n) is 15.3. The van der Waals surface area contributed by atoms with Crippen molar-refractivity contribution >= 4 is 17.0 Å². The summed E-state index contributed by atoms with van der Waals surface area (Å²) < 4.78 is 0. The van der Waals surface area contributed by atoms with Crippen molar-refractivity contribution in [3.8, 4) is 0 Å². The van der Waals surface area contributed by atoms with E-state index in [4.69, 9.17) is 0 Å². The van der Waals surface area contributed by atoms with Gasteiger partial charge in [0, 0.05) is 43.3 Å². The molecule has 3 heterocycles. The molecule has 4 rings (SSSR count). The molecule has 4 nitrogen and oxygen atoms in total. The molecule has 0 radical (unpaired) electrons. The largest absolute Gasteiger partial charge is 0.384 e. The number of aromatic nitrogens is 1. The summed E-state index contributed by atoms with van der Waals surface area (Å²) in [6.45, 7) is 8.95. The summed E-state index contributed by atoms with van der Waals surface area (Å²) in [5, 5.41) is 3.58. The normalized spacial score (nSPS) is 20.2. The van der Waals surface area contributed by atoms with Crippen LogP contribution in [0.3, 0.4) is 0 Å². The third kappa shape index (κ3) is 3.89. The van der Waals surface area contributed by atoms with E-state index in [-0.39, 0.29) is 0 Å². The van der Waals surface area contributed by atoms with Crippen LogP contribution in [0.25, 0.3) is 0 Å². The lowest BCUT2D eigenvalue weighted by Gasteiger charge is -2.22. The number of nitrogens with zero attached hydrogens (tertiary/aromatic N) is 3. The molecule has 5 heteroatoms. The highest BCUT2D eigenvalue weighted by molar-refractivity contribution is 7.09. The number of rotatable bonds is 6. The third-order valence-electron chi connectivity index (χ3n) is 5.53. The fourth-order valence-electron chi connectivity index (χ4n) is 4.22. The van der Waals surface area contributed by atoms with Crippen LogP contribution in [0, 0.1) is 12.8 Å². The van der Waals surface area contributed by atoms with Crippen molar-refractivity contribution in [3.05, 3.63) is 45.4 Å². The monoisotopic (exact) mass is 356 g/mol. The number of anilines is 1. The lowest BCUT2D eigenvalue weighted by atomic mass is 10.1. The standard InChI is InChI=1S/C20H28N4S/c1-15-19(25-14-22-15)13-23(2)10-16-7-9-24(11-16)12-18-5-3-4-17-6-8-21-20(17)18/h3-5,14,16,21H,6-13H2,1-2H3. The van der Waals surface area contributed by atoms with Gasteiger partial charge in [-0.1, -0.05) is 18.2 Å². The summed E-state index contributed by atoms with van der Waals surface area (Å²) in [6.07, 6.45) is 2.49. The Morgan fingerprint density at radius 2 is 2.32 bits per heavy atom. The summed E-state index contributed by atoms with van der Waals surface area (Å²) in [5.74, 6) is 0.781. The van der Waals surface area contributed by atoms with Gasteiger partial charge in [-0.25, -0.2) is 4.98 Å². The van der Waals surface area contributed by atoms with Crippen molar-refractivity contribution in [1.29, 1.82) is 0 Å². The Labute approximate surface area is 154 Å². The molecular formula is C20H28N4S. The van der Waals surface area contributed by atoms with Crippen molar-refractivity contribution < 1.29 is 0 Å². The molecule has 1 atom stereocenters. The molecule has 2 aromatic rings. The first-order valence-electron chi connectivity index (χ1n) is 9.33. The lowest BCUT2D eigenvalue weighted by molar-refractivity contribution is 0.256. The van der Waals surface area contributed by atoms with Crippen LogP contribution in [0.15, 0.2) is 23.7 Å². The van der Waals surface area contributed by atoms with Crippen LogP contribution < -0.4 is 5.32 Å². The summed E-state index contributed by atoms with van der Waals surface area (Å²) in [7, 11) is 2.25. The highest BCUT2D eigenvalue weighted by atomic mass is 32.1. The van der Waals surface area contributed by atoms with Crippen LogP contribution in [0.2, 0.25) is 0 Å². The number of fused-ring (bicyclic) bond motifs is 1. The van der Waals surface area contributed by atoms with Crippen LogP contribution in [-0.2, 0) is 19.5 Å². The van der Waals surface area contributed by atoms with Crippen molar-refractivity contribution in [2.24, 2.45) is 5.92 Å². The van der Waals surface area contributed by atoms with Gasteiger partial charge in [0.1, 0.15) is 0 Å². The second-order valence-corrected chi connectivity index (χ2v) is 8.51. The molecule has 134 valence electrons. The van der Waals surface area contributed by atoms with Gasteiger partial charge < -0.3 is 10.2 Å². The number of hydrogen-bond donors (Lipinski definition) is 1. The first kappa shape index (κ1) is 17.0. The predicted octanol–water partition coefficient (Wildman–Crippen LogP) is 3.37. The number of hydrogen-bond acceptors (Lipinski definition) is 5. The summed E-state index contributed by atoms with van der Waals surface area (Å²) in [5.41, 5.74) is 7.53. The third-order valence-corrected chi connectivity index (χ3v) is 6.45. The quantitative estimate of drug-likeness (QED) is 0.860. The van der Waals surface area contributed by atoms with Crippen molar-refractivity contribution in [1.82, 2.24) is 14.8 Å². The number of nitrogens with one attached hydrogen (secondary N) is 1. The second kappa shape index (κ2) is 7.44. The summed E-state index contributed by atoms with van der Waals surface area (Å²) >= 11 is 1.78. The van der Waals surface area contributed by atoms with Gasteiger partial charge in [-0.15, -0.1) is 11.3 Å². The fraction of sp³-hybridized carbons (Fsp3) is 0.550. The Kier molecular flexibility index (Phi) is 5.06. The Balaban J connectivity index is 1.30. The average molecular weight is 357 g/mol. The summed E-state index contributed by atoms with van der Waals surface area (Å²) in [6, 6.07) is 6.78. The first-order valence-corrected chi connectivity index (χ1v) is 10.2. The average Bonchev–Trinajstić information content (AvgIpc) is 3.31. The van der Waals surface area contributed by atoms with Crippen molar-refractivity contribution in [3.63, 3.8) is 0 Å². The van der Waals surface area contributed by atoms with Crippen LogP contribution >= 0.6 is 11.3 Å². The van der Waals surface area contributed by atoms with Gasteiger partial charge in [0.25, 0.3) is 0 Å². The fourth-order valence-corrected chi connectivity index (χ4v) is 5.07. The zero-order valence-corrected chi connectivity index (χ0v) is 16.1. The van der Waals surface area contributed by atoms with E-state index in [2.05, 4.69) is 52.3 Å². The number of benzene rings is 1. The highest BCUT2D eigenvalue weighted by Gasteiger charge is 2.25. The van der Waals surface area contributed by atoms with Gasteiger partial charge in [-0.2, -0.15) is 0 Å². The minimum atomic E-state index is 0.781. The van der Waals surface area contributed by atoms with E-state index in [9.17, 15) is 0 Å². The molecule has 1 saturated heterocycles. The maximum Gasteiger partial charge on any atom is 0.0798 e. The Hall–Kier alpha value is -1.43. The molecule has 0 spiro atoms. The van der Waals surface area contributed by atoms with Crippen LogP contribution in [0.5, 0.6) is 0 Å². The Morgan fingerprint density at radius 1 is 1.40 bits per heavy atom. The van der Waals surface area contributed by atoms with Crippen LogP contribution in [-0.4, -0.2) is 48.0 Å². The number of likely N-dealkylation sites (tertiary alicyclic amines) is 1. The minimum absolute atomic E-state index is 0.781. The van der Waals surface area contributed by atoms with Crippen molar-refractivity contribution in [2.45, 2.75) is 32.9 Å². The minimum Gasteiger partial charge on any atom is -0.384 e. The molecule has 1 aromatic heterocycles. The molecule has 25 heavy (non-hydrogen) atoms. The molecule has 0 saturated carbocycles. The number of para-hydroxylation sites is 1. The SMILES string of the molecule is Cc1ncsc1CN(C)CC1CCN(Cc2cccc3c2NCC3)C1. The maximum absolute atomic E-state index is 4.37. The number of aryl methyl sites for hydroxylation is 1. The highest BCUT2D eigenvalue weighted by Crippen LogP contribution is 2.29. The second-order valence-electron chi connectivity index (χ2n) is 7.58. The van der Waals surface area contributed by atoms with E-state index in [1.165, 1.54) is 59.9 Å².